The monoisotopic (exact) mass is 351 g/mol. The molecule has 0 spiro atoms. The summed E-state index contributed by atoms with van der Waals surface area (Å²) in [5, 5.41) is 5.80. The Kier molecular flexibility index (Phi) is 4.10. The SMILES string of the molecule is O=C(Nc1cccc(F)c1)c1cncc(Nc2ccc3c(c2)OCO3)c1. The minimum absolute atomic E-state index is 0.204. The Hall–Kier alpha value is -3.61. The maximum atomic E-state index is 13.2. The molecule has 2 aromatic carbocycles. The number of amides is 1. The van der Waals surface area contributed by atoms with Gasteiger partial charge in [0.25, 0.3) is 5.91 Å². The fraction of sp³-hybridized carbons (Fsp3) is 0.0526. The molecular weight excluding hydrogens is 337 g/mol. The van der Waals surface area contributed by atoms with E-state index in [4.69, 9.17) is 9.47 Å². The van der Waals surface area contributed by atoms with Gasteiger partial charge in [-0.05, 0) is 36.4 Å². The van der Waals surface area contributed by atoms with Gasteiger partial charge in [-0.3, -0.25) is 9.78 Å². The lowest BCUT2D eigenvalue weighted by Gasteiger charge is -2.09. The smallest absolute Gasteiger partial charge is 0.257 e. The summed E-state index contributed by atoms with van der Waals surface area (Å²) in [4.78, 5) is 16.4. The average Bonchev–Trinajstić information content (AvgIpc) is 3.10. The zero-order valence-electron chi connectivity index (χ0n) is 13.5. The molecule has 2 N–H and O–H groups in total. The molecule has 0 fully saturated rings. The molecule has 1 aliphatic rings. The van der Waals surface area contributed by atoms with Crippen molar-refractivity contribution in [2.75, 3.05) is 17.4 Å². The van der Waals surface area contributed by atoms with E-state index in [2.05, 4.69) is 15.6 Å². The van der Waals surface area contributed by atoms with Gasteiger partial charge in [0.2, 0.25) is 6.79 Å². The minimum Gasteiger partial charge on any atom is -0.454 e. The standard InChI is InChI=1S/C19H14FN3O3/c20-13-2-1-3-14(7-13)23-19(24)12-6-16(10-21-9-12)22-15-4-5-17-18(8-15)26-11-25-17/h1-10,22H,11H2,(H,23,24). The lowest BCUT2D eigenvalue weighted by atomic mass is 10.2. The van der Waals surface area contributed by atoms with Crippen molar-refractivity contribution in [3.05, 3.63) is 72.3 Å². The first-order chi connectivity index (χ1) is 12.7. The Morgan fingerprint density at radius 3 is 2.73 bits per heavy atom. The van der Waals surface area contributed by atoms with E-state index in [1.807, 2.05) is 12.1 Å². The minimum atomic E-state index is -0.417. The largest absolute Gasteiger partial charge is 0.454 e. The van der Waals surface area contributed by atoms with E-state index in [9.17, 15) is 9.18 Å². The fourth-order valence-corrected chi connectivity index (χ4v) is 2.54. The number of pyridine rings is 1. The zero-order chi connectivity index (χ0) is 17.9. The van der Waals surface area contributed by atoms with Crippen molar-refractivity contribution < 1.29 is 18.7 Å². The molecule has 1 amide bonds. The highest BCUT2D eigenvalue weighted by Crippen LogP contribution is 2.35. The second-order valence-electron chi connectivity index (χ2n) is 5.62. The van der Waals surface area contributed by atoms with E-state index in [1.165, 1.54) is 24.4 Å². The number of hydrogen-bond acceptors (Lipinski definition) is 5. The summed E-state index contributed by atoms with van der Waals surface area (Å²) in [6, 6.07) is 12.8. The molecule has 6 nitrogen and oxygen atoms in total. The molecule has 2 heterocycles. The number of aromatic nitrogens is 1. The van der Waals surface area contributed by atoms with E-state index >= 15 is 0 Å². The molecule has 26 heavy (non-hydrogen) atoms. The Balaban J connectivity index is 1.50. The van der Waals surface area contributed by atoms with Gasteiger partial charge in [-0.15, -0.1) is 0 Å². The van der Waals surface area contributed by atoms with Crippen LogP contribution in [0.25, 0.3) is 0 Å². The molecule has 130 valence electrons. The van der Waals surface area contributed by atoms with Crippen LogP contribution in [0.1, 0.15) is 10.4 Å². The number of carbonyl (C=O) groups excluding carboxylic acids is 1. The molecule has 0 saturated heterocycles. The third kappa shape index (κ3) is 3.41. The Morgan fingerprint density at radius 2 is 1.85 bits per heavy atom. The zero-order valence-corrected chi connectivity index (χ0v) is 13.5. The molecule has 0 saturated carbocycles. The van der Waals surface area contributed by atoms with Gasteiger partial charge in [0.1, 0.15) is 5.82 Å². The summed E-state index contributed by atoms with van der Waals surface area (Å²) in [6.45, 7) is 0.204. The molecular formula is C19H14FN3O3. The van der Waals surface area contributed by atoms with E-state index < -0.39 is 5.82 Å². The van der Waals surface area contributed by atoms with E-state index in [0.717, 1.165) is 5.69 Å². The lowest BCUT2D eigenvalue weighted by Crippen LogP contribution is -2.12. The molecule has 3 aromatic rings. The van der Waals surface area contributed by atoms with Gasteiger partial charge in [-0.25, -0.2) is 4.39 Å². The van der Waals surface area contributed by atoms with Crippen LogP contribution in [0.4, 0.5) is 21.5 Å². The predicted molar refractivity (Wildman–Crippen MR) is 94.4 cm³/mol. The topological polar surface area (TPSA) is 72.5 Å². The maximum Gasteiger partial charge on any atom is 0.257 e. The van der Waals surface area contributed by atoms with Crippen molar-refractivity contribution in [3.8, 4) is 11.5 Å². The van der Waals surface area contributed by atoms with Crippen LogP contribution in [0.2, 0.25) is 0 Å². The maximum absolute atomic E-state index is 13.2. The first-order valence-electron chi connectivity index (χ1n) is 7.86. The number of nitrogens with one attached hydrogen (secondary N) is 2. The van der Waals surface area contributed by atoms with Crippen LogP contribution in [0.3, 0.4) is 0 Å². The van der Waals surface area contributed by atoms with Gasteiger partial charge in [-0.2, -0.15) is 0 Å². The number of nitrogens with zero attached hydrogens (tertiary/aromatic N) is 1. The van der Waals surface area contributed by atoms with Crippen LogP contribution in [0, 0.1) is 5.82 Å². The van der Waals surface area contributed by atoms with Crippen LogP contribution in [-0.2, 0) is 0 Å². The van der Waals surface area contributed by atoms with Gasteiger partial charge in [0.15, 0.2) is 11.5 Å². The second-order valence-corrected chi connectivity index (χ2v) is 5.62. The summed E-state index contributed by atoms with van der Waals surface area (Å²) in [6.07, 6.45) is 3.04. The molecule has 7 heteroatoms. The number of anilines is 3. The van der Waals surface area contributed by atoms with Gasteiger partial charge < -0.3 is 20.1 Å². The number of ether oxygens (including phenoxy) is 2. The van der Waals surface area contributed by atoms with Gasteiger partial charge in [-0.1, -0.05) is 6.07 Å². The van der Waals surface area contributed by atoms with Crippen LogP contribution >= 0.6 is 0 Å². The molecule has 4 rings (SSSR count). The summed E-state index contributed by atoms with van der Waals surface area (Å²) in [5.41, 5.74) is 2.14. The Labute approximate surface area is 148 Å². The van der Waals surface area contributed by atoms with E-state index in [0.29, 0.717) is 28.4 Å². The van der Waals surface area contributed by atoms with Crippen LogP contribution in [-0.4, -0.2) is 17.7 Å². The third-order valence-corrected chi connectivity index (χ3v) is 3.74. The lowest BCUT2D eigenvalue weighted by molar-refractivity contribution is 0.102. The number of hydrogen-bond donors (Lipinski definition) is 2. The van der Waals surface area contributed by atoms with E-state index in [-0.39, 0.29) is 12.7 Å². The first kappa shape index (κ1) is 15.9. The quantitative estimate of drug-likeness (QED) is 0.745. The molecule has 0 radical (unpaired) electrons. The fourth-order valence-electron chi connectivity index (χ4n) is 2.54. The predicted octanol–water partition coefficient (Wildman–Crippen LogP) is 3.95. The highest BCUT2D eigenvalue weighted by Gasteiger charge is 2.14. The normalized spacial score (nSPS) is 11.9. The van der Waals surface area contributed by atoms with Crippen molar-refractivity contribution in [2.45, 2.75) is 0 Å². The summed E-state index contributed by atoms with van der Waals surface area (Å²) in [7, 11) is 0. The van der Waals surface area contributed by atoms with Gasteiger partial charge in [0, 0.05) is 23.6 Å². The van der Waals surface area contributed by atoms with Gasteiger partial charge >= 0.3 is 0 Å². The highest BCUT2D eigenvalue weighted by atomic mass is 19.1. The Morgan fingerprint density at radius 1 is 0.962 bits per heavy atom. The number of carbonyl (C=O) groups is 1. The molecule has 1 aliphatic heterocycles. The van der Waals surface area contributed by atoms with Crippen LogP contribution in [0.15, 0.2) is 60.9 Å². The summed E-state index contributed by atoms with van der Waals surface area (Å²) in [5.74, 6) is 0.552. The molecule has 0 atom stereocenters. The molecule has 0 unspecified atom stereocenters. The molecule has 0 bridgehead atoms. The molecule has 1 aromatic heterocycles. The summed E-state index contributed by atoms with van der Waals surface area (Å²) < 4.78 is 23.8. The average molecular weight is 351 g/mol. The van der Waals surface area contributed by atoms with Crippen molar-refractivity contribution in [3.63, 3.8) is 0 Å². The van der Waals surface area contributed by atoms with E-state index in [1.54, 1.807) is 24.4 Å². The number of rotatable bonds is 4. The van der Waals surface area contributed by atoms with Gasteiger partial charge in [0.05, 0.1) is 17.4 Å². The van der Waals surface area contributed by atoms with Crippen molar-refractivity contribution >= 4 is 23.0 Å². The van der Waals surface area contributed by atoms with Crippen LogP contribution < -0.4 is 20.1 Å². The second kappa shape index (κ2) is 6.72. The third-order valence-electron chi connectivity index (χ3n) is 3.74. The number of halogens is 1. The Bertz CT molecular complexity index is 978. The highest BCUT2D eigenvalue weighted by molar-refractivity contribution is 6.04. The van der Waals surface area contributed by atoms with Crippen molar-refractivity contribution in [1.82, 2.24) is 4.98 Å². The number of fused-ring (bicyclic) bond motifs is 1. The summed E-state index contributed by atoms with van der Waals surface area (Å²) >= 11 is 0. The van der Waals surface area contributed by atoms with Crippen molar-refractivity contribution in [1.29, 1.82) is 0 Å². The molecule has 0 aliphatic carbocycles. The van der Waals surface area contributed by atoms with Crippen LogP contribution in [0.5, 0.6) is 11.5 Å². The first-order valence-corrected chi connectivity index (χ1v) is 7.86. The number of benzene rings is 2. The van der Waals surface area contributed by atoms with Crippen molar-refractivity contribution in [2.24, 2.45) is 0 Å².